The van der Waals surface area contributed by atoms with Crippen LogP contribution in [0.2, 0.25) is 0 Å². The van der Waals surface area contributed by atoms with Gasteiger partial charge in [-0.1, -0.05) is 13.8 Å². The average molecular weight is 480 g/mol. The number of morpholine rings is 1. The first kappa shape index (κ1) is 24.9. The third-order valence-corrected chi connectivity index (χ3v) is 7.42. The number of hydrogen-bond donors (Lipinski definition) is 1. The number of carbonyl (C=O) groups excluding carboxylic acids is 1. The van der Waals surface area contributed by atoms with Gasteiger partial charge in [-0.2, -0.15) is 4.31 Å². The summed E-state index contributed by atoms with van der Waals surface area (Å²) in [7, 11) is -3.71. The molecule has 8 nitrogen and oxygen atoms in total. The van der Waals surface area contributed by atoms with Crippen LogP contribution < -0.4 is 15.0 Å². The average Bonchev–Trinajstić information content (AvgIpc) is 2.83. The summed E-state index contributed by atoms with van der Waals surface area (Å²) in [5.74, 6) is -0.256. The van der Waals surface area contributed by atoms with E-state index < -0.39 is 15.9 Å². The van der Waals surface area contributed by atoms with Gasteiger partial charge in [-0.3, -0.25) is 4.79 Å². The molecule has 1 N–H and O–H groups in total. The summed E-state index contributed by atoms with van der Waals surface area (Å²) in [5.41, 5.74) is 0.945. The molecule has 2 aromatic rings. The number of carbonyl (C=O) groups is 1. The minimum Gasteiger partial charge on any atom is -0.492 e. The highest BCUT2D eigenvalue weighted by molar-refractivity contribution is 7.89. The second-order valence-corrected chi connectivity index (χ2v) is 9.36. The normalized spacial score (nSPS) is 14.4. The highest BCUT2D eigenvalue weighted by atomic mass is 32.2. The Morgan fingerprint density at radius 2 is 1.79 bits per heavy atom. The van der Waals surface area contributed by atoms with Crippen molar-refractivity contribution >= 4 is 21.6 Å². The molecule has 2 aromatic carbocycles. The molecule has 1 amide bonds. The SMILES string of the molecule is CCN(CC)S(=O)(=O)c1ccc(N2CCOCC2)c(C(=O)NCCOc2ccc(F)cc2)c1. The molecule has 33 heavy (non-hydrogen) atoms. The van der Waals surface area contributed by atoms with Crippen molar-refractivity contribution in [3.63, 3.8) is 0 Å². The molecule has 0 unspecified atom stereocenters. The number of nitrogens with zero attached hydrogens (tertiary/aromatic N) is 2. The van der Waals surface area contributed by atoms with Crippen molar-refractivity contribution in [2.45, 2.75) is 18.7 Å². The summed E-state index contributed by atoms with van der Waals surface area (Å²) in [6, 6.07) is 10.3. The van der Waals surface area contributed by atoms with E-state index in [9.17, 15) is 17.6 Å². The summed E-state index contributed by atoms with van der Waals surface area (Å²) < 4.78 is 51.3. The summed E-state index contributed by atoms with van der Waals surface area (Å²) in [4.78, 5) is 15.2. The Balaban J connectivity index is 1.78. The Kier molecular flexibility index (Phi) is 8.65. The molecule has 0 aromatic heterocycles. The van der Waals surface area contributed by atoms with Crippen LogP contribution in [0.5, 0.6) is 5.75 Å². The lowest BCUT2D eigenvalue weighted by Gasteiger charge is -2.30. The zero-order valence-electron chi connectivity index (χ0n) is 18.9. The molecule has 1 heterocycles. The van der Waals surface area contributed by atoms with Gasteiger partial charge in [0.25, 0.3) is 5.91 Å². The molecule has 1 aliphatic rings. The Hall–Kier alpha value is -2.69. The van der Waals surface area contributed by atoms with Crippen LogP contribution in [-0.2, 0) is 14.8 Å². The molecule has 0 aliphatic carbocycles. The van der Waals surface area contributed by atoms with Crippen molar-refractivity contribution < 1.29 is 27.1 Å². The quantitative estimate of drug-likeness (QED) is 0.527. The molecule has 0 spiro atoms. The van der Waals surface area contributed by atoms with E-state index >= 15 is 0 Å². The van der Waals surface area contributed by atoms with Crippen LogP contribution in [0, 0.1) is 5.82 Å². The Morgan fingerprint density at radius 3 is 2.42 bits per heavy atom. The second-order valence-electron chi connectivity index (χ2n) is 7.43. The fourth-order valence-electron chi connectivity index (χ4n) is 3.61. The molecule has 1 aliphatic heterocycles. The molecule has 0 bridgehead atoms. The lowest BCUT2D eigenvalue weighted by molar-refractivity contribution is 0.0945. The monoisotopic (exact) mass is 479 g/mol. The molecule has 0 atom stereocenters. The predicted octanol–water partition coefficient (Wildman–Crippen LogP) is 2.50. The van der Waals surface area contributed by atoms with Crippen LogP contribution in [0.15, 0.2) is 47.4 Å². The van der Waals surface area contributed by atoms with Gasteiger partial charge in [0.05, 0.1) is 30.2 Å². The number of amides is 1. The highest BCUT2D eigenvalue weighted by Crippen LogP contribution is 2.27. The first-order chi connectivity index (χ1) is 15.9. The number of hydrogen-bond acceptors (Lipinski definition) is 6. The van der Waals surface area contributed by atoms with Crippen molar-refractivity contribution in [1.29, 1.82) is 0 Å². The largest absolute Gasteiger partial charge is 0.492 e. The standard InChI is InChI=1S/C23H30FN3O5S/c1-3-27(4-2)33(29,30)20-9-10-22(26-12-15-31-16-13-26)21(17-20)23(28)25-11-14-32-19-7-5-18(24)6-8-19/h5-10,17H,3-4,11-16H2,1-2H3,(H,25,28). The zero-order chi connectivity index (χ0) is 23.8. The molecular weight excluding hydrogens is 449 g/mol. The van der Waals surface area contributed by atoms with Crippen LogP contribution in [-0.4, -0.2) is 71.2 Å². The number of rotatable bonds is 10. The smallest absolute Gasteiger partial charge is 0.253 e. The van der Waals surface area contributed by atoms with E-state index in [1.54, 1.807) is 26.0 Å². The van der Waals surface area contributed by atoms with E-state index in [1.807, 2.05) is 4.90 Å². The van der Waals surface area contributed by atoms with Crippen molar-refractivity contribution in [2.24, 2.45) is 0 Å². The topological polar surface area (TPSA) is 88.2 Å². The molecule has 1 saturated heterocycles. The van der Waals surface area contributed by atoms with E-state index in [2.05, 4.69) is 5.32 Å². The number of nitrogens with one attached hydrogen (secondary N) is 1. The molecule has 0 saturated carbocycles. The van der Waals surface area contributed by atoms with Crippen molar-refractivity contribution in [2.75, 3.05) is 57.4 Å². The van der Waals surface area contributed by atoms with Crippen LogP contribution >= 0.6 is 0 Å². The fraction of sp³-hybridized carbons (Fsp3) is 0.435. The number of sulfonamides is 1. The maximum atomic E-state index is 13.1. The van der Waals surface area contributed by atoms with Gasteiger partial charge in [0, 0.05) is 31.9 Å². The molecule has 3 rings (SSSR count). The number of ether oxygens (including phenoxy) is 2. The molecule has 1 fully saturated rings. The van der Waals surface area contributed by atoms with E-state index in [-0.39, 0.29) is 29.4 Å². The number of benzene rings is 2. The maximum absolute atomic E-state index is 13.1. The van der Waals surface area contributed by atoms with Crippen LogP contribution in [0.25, 0.3) is 0 Å². The second kappa shape index (κ2) is 11.4. The summed E-state index contributed by atoms with van der Waals surface area (Å²) >= 11 is 0. The fourth-order valence-corrected chi connectivity index (χ4v) is 5.09. The van der Waals surface area contributed by atoms with E-state index in [4.69, 9.17) is 9.47 Å². The van der Waals surface area contributed by atoms with E-state index in [0.717, 1.165) is 0 Å². The van der Waals surface area contributed by atoms with Gasteiger partial charge in [0.1, 0.15) is 18.2 Å². The zero-order valence-corrected chi connectivity index (χ0v) is 19.7. The van der Waals surface area contributed by atoms with Crippen molar-refractivity contribution in [1.82, 2.24) is 9.62 Å². The van der Waals surface area contributed by atoms with Crippen LogP contribution in [0.3, 0.4) is 0 Å². The van der Waals surface area contributed by atoms with Crippen LogP contribution in [0.1, 0.15) is 24.2 Å². The summed E-state index contributed by atoms with van der Waals surface area (Å²) in [5, 5.41) is 2.79. The minimum atomic E-state index is -3.71. The van der Waals surface area contributed by atoms with Gasteiger partial charge in [-0.05, 0) is 42.5 Å². The first-order valence-corrected chi connectivity index (χ1v) is 12.4. The third kappa shape index (κ3) is 6.21. The highest BCUT2D eigenvalue weighted by Gasteiger charge is 2.26. The van der Waals surface area contributed by atoms with E-state index in [1.165, 1.54) is 34.6 Å². The Labute approximate surface area is 194 Å². The lowest BCUT2D eigenvalue weighted by atomic mass is 10.1. The summed E-state index contributed by atoms with van der Waals surface area (Å²) in [6.07, 6.45) is 0. The first-order valence-electron chi connectivity index (χ1n) is 11.0. The molecule has 0 radical (unpaired) electrons. The van der Waals surface area contributed by atoms with Gasteiger partial charge < -0.3 is 19.7 Å². The van der Waals surface area contributed by atoms with Gasteiger partial charge in [-0.25, -0.2) is 12.8 Å². The van der Waals surface area contributed by atoms with Crippen molar-refractivity contribution in [3.8, 4) is 5.75 Å². The predicted molar refractivity (Wildman–Crippen MR) is 124 cm³/mol. The van der Waals surface area contributed by atoms with Gasteiger partial charge in [0.2, 0.25) is 10.0 Å². The minimum absolute atomic E-state index is 0.0796. The van der Waals surface area contributed by atoms with Gasteiger partial charge in [-0.15, -0.1) is 0 Å². The van der Waals surface area contributed by atoms with Gasteiger partial charge >= 0.3 is 0 Å². The third-order valence-electron chi connectivity index (χ3n) is 5.38. The Bertz CT molecular complexity index is 1040. The van der Waals surface area contributed by atoms with Gasteiger partial charge in [0.15, 0.2) is 0 Å². The molecular formula is C23H30FN3O5S. The number of anilines is 1. The molecule has 10 heteroatoms. The number of halogens is 1. The summed E-state index contributed by atoms with van der Waals surface area (Å²) in [6.45, 7) is 6.90. The lowest BCUT2D eigenvalue weighted by Crippen LogP contribution is -2.38. The van der Waals surface area contributed by atoms with Crippen LogP contribution in [0.4, 0.5) is 10.1 Å². The maximum Gasteiger partial charge on any atom is 0.253 e. The van der Waals surface area contributed by atoms with Crippen molar-refractivity contribution in [3.05, 3.63) is 53.8 Å². The Morgan fingerprint density at radius 1 is 1.12 bits per heavy atom. The molecule has 180 valence electrons. The van der Waals surface area contributed by atoms with E-state index in [0.29, 0.717) is 50.8 Å².